The molecule has 0 bridgehead atoms. The van der Waals surface area contributed by atoms with E-state index in [1.807, 2.05) is 35.5 Å². The van der Waals surface area contributed by atoms with Crippen molar-refractivity contribution in [3.63, 3.8) is 0 Å². The molecule has 0 aliphatic carbocycles. The first kappa shape index (κ1) is 13.1. The van der Waals surface area contributed by atoms with Crippen molar-refractivity contribution in [2.45, 2.75) is 26.1 Å². The second kappa shape index (κ2) is 4.90. The number of alkyl halides is 1. The molecule has 0 atom stereocenters. The highest BCUT2D eigenvalue weighted by Crippen LogP contribution is 2.25. The topological polar surface area (TPSA) is 48.5 Å². The molecule has 3 rings (SSSR count). The number of halogens is 1. The molecule has 0 unspecified atom stereocenters. The molecular weight excluding hydrogens is 274 g/mol. The van der Waals surface area contributed by atoms with E-state index >= 15 is 0 Å². The summed E-state index contributed by atoms with van der Waals surface area (Å²) in [5, 5.41) is 4.49. The van der Waals surface area contributed by atoms with Crippen molar-refractivity contribution < 1.29 is 0 Å². The number of hydrogen-bond donors (Lipinski definition) is 0. The van der Waals surface area contributed by atoms with E-state index in [0.29, 0.717) is 5.88 Å². The summed E-state index contributed by atoms with van der Waals surface area (Å²) in [4.78, 5) is 9.10. The Balaban J connectivity index is 2.37. The number of hydrogen-bond acceptors (Lipinski definition) is 3. The van der Waals surface area contributed by atoms with Gasteiger partial charge in [-0.25, -0.2) is 9.97 Å². The van der Waals surface area contributed by atoms with Crippen molar-refractivity contribution in [2.75, 3.05) is 0 Å². The lowest BCUT2D eigenvalue weighted by molar-refractivity contribution is 0.746. The molecule has 6 heteroatoms. The third-order valence-electron chi connectivity index (χ3n) is 3.40. The minimum atomic E-state index is 0.341. The SMILES string of the molecule is CCc1nn(C)cc1-n1c(CCl)nc2c(C)ccnc21. The first-order valence-electron chi connectivity index (χ1n) is 6.57. The summed E-state index contributed by atoms with van der Waals surface area (Å²) in [6.45, 7) is 4.12. The third kappa shape index (κ3) is 1.89. The molecule has 20 heavy (non-hydrogen) atoms. The van der Waals surface area contributed by atoms with Crippen LogP contribution in [0.3, 0.4) is 0 Å². The van der Waals surface area contributed by atoms with Crippen molar-refractivity contribution in [3.05, 3.63) is 35.5 Å². The zero-order valence-corrected chi connectivity index (χ0v) is 12.5. The van der Waals surface area contributed by atoms with E-state index in [0.717, 1.165) is 40.4 Å². The second-order valence-electron chi connectivity index (χ2n) is 4.79. The Bertz CT molecular complexity index is 771. The lowest BCUT2D eigenvalue weighted by Crippen LogP contribution is -2.02. The standard InChI is InChI=1S/C14H16ClN5/c1-4-10-11(8-19(3)18-10)20-12(7-15)17-13-9(2)5-6-16-14(13)20/h5-6,8H,4,7H2,1-3H3. The number of aromatic nitrogens is 5. The zero-order chi connectivity index (χ0) is 14.3. The monoisotopic (exact) mass is 289 g/mol. The van der Waals surface area contributed by atoms with Gasteiger partial charge in [0.25, 0.3) is 0 Å². The Morgan fingerprint density at radius 1 is 1.35 bits per heavy atom. The third-order valence-corrected chi connectivity index (χ3v) is 3.64. The first-order valence-corrected chi connectivity index (χ1v) is 7.11. The lowest BCUT2D eigenvalue weighted by atomic mass is 10.2. The van der Waals surface area contributed by atoms with E-state index in [9.17, 15) is 0 Å². The van der Waals surface area contributed by atoms with E-state index in [1.165, 1.54) is 0 Å². The average molecular weight is 290 g/mol. The Morgan fingerprint density at radius 3 is 2.85 bits per heavy atom. The van der Waals surface area contributed by atoms with Gasteiger partial charge in [-0.05, 0) is 25.0 Å². The number of aryl methyl sites for hydroxylation is 3. The van der Waals surface area contributed by atoms with Crippen LogP contribution in [0.4, 0.5) is 0 Å². The molecule has 0 fully saturated rings. The van der Waals surface area contributed by atoms with Crippen molar-refractivity contribution in [2.24, 2.45) is 7.05 Å². The first-order chi connectivity index (χ1) is 9.65. The minimum Gasteiger partial charge on any atom is -0.276 e. The molecule has 0 amide bonds. The molecule has 3 aromatic heterocycles. The molecule has 0 N–H and O–H groups in total. The molecule has 0 aliphatic heterocycles. The largest absolute Gasteiger partial charge is 0.276 e. The van der Waals surface area contributed by atoms with Gasteiger partial charge in [-0.1, -0.05) is 6.92 Å². The van der Waals surface area contributed by atoms with Gasteiger partial charge in [0.2, 0.25) is 0 Å². The molecule has 0 spiro atoms. The average Bonchev–Trinajstić information content (AvgIpc) is 2.99. The molecular formula is C14H16ClN5. The van der Waals surface area contributed by atoms with Crippen molar-refractivity contribution in [1.29, 1.82) is 0 Å². The van der Waals surface area contributed by atoms with E-state index in [4.69, 9.17) is 11.6 Å². The second-order valence-corrected chi connectivity index (χ2v) is 5.05. The lowest BCUT2D eigenvalue weighted by Gasteiger charge is -2.06. The van der Waals surface area contributed by atoms with Gasteiger partial charge in [0, 0.05) is 19.4 Å². The van der Waals surface area contributed by atoms with Crippen molar-refractivity contribution in [1.82, 2.24) is 24.3 Å². The highest BCUT2D eigenvalue weighted by Gasteiger charge is 2.18. The maximum absolute atomic E-state index is 6.07. The fourth-order valence-electron chi connectivity index (χ4n) is 2.44. The highest BCUT2D eigenvalue weighted by atomic mass is 35.5. The normalized spacial score (nSPS) is 11.4. The van der Waals surface area contributed by atoms with Crippen LogP contribution in [0.2, 0.25) is 0 Å². The Kier molecular flexibility index (Phi) is 3.22. The summed E-state index contributed by atoms with van der Waals surface area (Å²) in [6.07, 6.45) is 4.64. The van der Waals surface area contributed by atoms with Gasteiger partial charge in [-0.3, -0.25) is 9.25 Å². The molecule has 0 aliphatic rings. The number of fused-ring (bicyclic) bond motifs is 1. The van der Waals surface area contributed by atoms with Gasteiger partial charge in [0.05, 0.1) is 17.3 Å². The maximum atomic E-state index is 6.07. The van der Waals surface area contributed by atoms with Crippen LogP contribution < -0.4 is 0 Å². The summed E-state index contributed by atoms with van der Waals surface area (Å²) in [6, 6.07) is 1.96. The molecule has 0 saturated carbocycles. The zero-order valence-electron chi connectivity index (χ0n) is 11.8. The van der Waals surface area contributed by atoms with Crippen molar-refractivity contribution >= 4 is 22.8 Å². The summed E-state index contributed by atoms with van der Waals surface area (Å²) in [5.41, 5.74) is 4.85. The molecule has 0 saturated heterocycles. The number of pyridine rings is 1. The quantitative estimate of drug-likeness (QED) is 0.697. The van der Waals surface area contributed by atoms with Gasteiger partial charge in [0.1, 0.15) is 11.3 Å². The number of nitrogens with zero attached hydrogens (tertiary/aromatic N) is 5. The summed E-state index contributed by atoms with van der Waals surface area (Å²) in [5.74, 6) is 1.14. The van der Waals surface area contributed by atoms with Crippen LogP contribution in [0.5, 0.6) is 0 Å². The van der Waals surface area contributed by atoms with E-state index in [-0.39, 0.29) is 0 Å². The predicted octanol–water partition coefficient (Wildman–Crippen LogP) is 2.76. The molecule has 104 valence electrons. The fraction of sp³-hybridized carbons (Fsp3) is 0.357. The molecule has 3 heterocycles. The van der Waals surface area contributed by atoms with Crippen LogP contribution in [0.1, 0.15) is 24.0 Å². The summed E-state index contributed by atoms with van der Waals surface area (Å²) < 4.78 is 3.83. The molecule has 5 nitrogen and oxygen atoms in total. The highest BCUT2D eigenvalue weighted by molar-refractivity contribution is 6.17. The summed E-state index contributed by atoms with van der Waals surface area (Å²) in [7, 11) is 1.92. The predicted molar refractivity (Wildman–Crippen MR) is 79.3 cm³/mol. The van der Waals surface area contributed by atoms with E-state index in [2.05, 4.69) is 22.0 Å². The maximum Gasteiger partial charge on any atom is 0.165 e. The fourth-order valence-corrected chi connectivity index (χ4v) is 2.62. The Morgan fingerprint density at radius 2 is 2.15 bits per heavy atom. The van der Waals surface area contributed by atoms with Crippen LogP contribution in [0.15, 0.2) is 18.5 Å². The van der Waals surface area contributed by atoms with Gasteiger partial charge in [0.15, 0.2) is 5.65 Å². The number of imidazole rings is 1. The van der Waals surface area contributed by atoms with Crippen LogP contribution in [-0.2, 0) is 19.3 Å². The number of rotatable bonds is 3. The molecule has 0 radical (unpaired) electrons. The smallest absolute Gasteiger partial charge is 0.165 e. The van der Waals surface area contributed by atoms with E-state index < -0.39 is 0 Å². The molecule has 0 aromatic carbocycles. The van der Waals surface area contributed by atoms with Crippen LogP contribution in [0, 0.1) is 6.92 Å². The minimum absolute atomic E-state index is 0.341. The van der Waals surface area contributed by atoms with Crippen LogP contribution in [-0.4, -0.2) is 24.3 Å². The van der Waals surface area contributed by atoms with Gasteiger partial charge >= 0.3 is 0 Å². The van der Waals surface area contributed by atoms with Crippen LogP contribution in [0.25, 0.3) is 16.9 Å². The van der Waals surface area contributed by atoms with Gasteiger partial charge in [-0.15, -0.1) is 11.6 Å². The van der Waals surface area contributed by atoms with Gasteiger partial charge < -0.3 is 0 Å². The molecule has 3 aromatic rings. The van der Waals surface area contributed by atoms with Gasteiger partial charge in [-0.2, -0.15) is 5.10 Å². The van der Waals surface area contributed by atoms with E-state index in [1.54, 1.807) is 6.20 Å². The van der Waals surface area contributed by atoms with Crippen molar-refractivity contribution in [3.8, 4) is 5.69 Å². The Hall–Kier alpha value is -1.88. The Labute approximate surface area is 122 Å². The van der Waals surface area contributed by atoms with Crippen LogP contribution >= 0.6 is 11.6 Å². The summed E-state index contributed by atoms with van der Waals surface area (Å²) >= 11 is 6.07.